The van der Waals surface area contributed by atoms with Crippen LogP contribution in [0.3, 0.4) is 0 Å². The molecule has 3 aromatic heterocycles. The molecule has 17 nitrogen and oxygen atoms in total. The molecular formula is C43H55N11O6. The fraction of sp³-hybridized carbons (Fsp3) is 0.419. The van der Waals surface area contributed by atoms with E-state index in [1.165, 1.54) is 16.1 Å². The number of rotatable bonds is 22. The maximum atomic E-state index is 14.2. The Balaban J connectivity index is 1.18. The van der Waals surface area contributed by atoms with E-state index in [2.05, 4.69) is 30.6 Å². The molecule has 1 fully saturated rings. The largest absolute Gasteiger partial charge is 0.368 e. The average molecular weight is 822 g/mol. The van der Waals surface area contributed by atoms with Crippen LogP contribution >= 0.6 is 0 Å². The van der Waals surface area contributed by atoms with Crippen molar-refractivity contribution in [3.8, 4) is 0 Å². The minimum atomic E-state index is -1.07. The number of H-pyrrole nitrogens is 3. The first-order chi connectivity index (χ1) is 28.9. The van der Waals surface area contributed by atoms with Crippen molar-refractivity contribution in [2.24, 2.45) is 23.1 Å². The molecule has 1 saturated heterocycles. The number of primary amides is 1. The molecule has 6 rings (SSSR count). The smallest absolute Gasteiger partial charge is 0.321 e. The first-order valence-corrected chi connectivity index (χ1v) is 20.5. The van der Waals surface area contributed by atoms with Crippen molar-refractivity contribution in [3.05, 3.63) is 90.3 Å². The molecule has 1 aliphatic rings. The second-order valence-electron chi connectivity index (χ2n) is 15.6. The van der Waals surface area contributed by atoms with Gasteiger partial charge in [0, 0.05) is 90.8 Å². The standard InChI is InChI=1S/C43H55N11O6/c1-26(17-38(55)35(18-27-21-48-33-11-4-2-9-30(27)33)52-42(59)32(45)20-29-23-47-25-50-29)41(58)51-36(19-28-22-49-34-12-5-3-10-31(28)34)39(56)24-53-15-8-16-54(43(53)60)37(40(46)57)13-6-7-14-44/h2-5,9-12,21-23,25-26,32,35-37,48-49H,6-8,13-20,24,44-45H2,1H3,(H2,46,57)(H,47,50)(H,51,58)(H,52,59)/t26-,32+,35-,36+,37+/m1/s1. The van der Waals surface area contributed by atoms with E-state index in [0.29, 0.717) is 44.5 Å². The Morgan fingerprint density at radius 1 is 0.817 bits per heavy atom. The molecule has 2 aromatic carbocycles. The molecule has 5 aromatic rings. The third kappa shape index (κ3) is 10.6. The summed E-state index contributed by atoms with van der Waals surface area (Å²) < 4.78 is 0. The first kappa shape index (κ1) is 43.3. The Morgan fingerprint density at radius 3 is 2.03 bits per heavy atom. The number of hydrogen-bond donors (Lipinski definition) is 8. The van der Waals surface area contributed by atoms with Crippen LogP contribution in [-0.4, -0.2) is 115 Å². The fourth-order valence-electron chi connectivity index (χ4n) is 7.86. The number of benzene rings is 2. The van der Waals surface area contributed by atoms with Gasteiger partial charge in [0.1, 0.15) is 6.04 Å². The number of ketones is 2. The molecule has 0 radical (unpaired) electrons. The van der Waals surface area contributed by atoms with Crippen LogP contribution in [0.2, 0.25) is 0 Å². The number of hydrogen-bond acceptors (Lipinski definition) is 9. The number of para-hydroxylation sites is 2. The summed E-state index contributed by atoms with van der Waals surface area (Å²) in [5.74, 6) is -3.42. The number of unbranched alkanes of at least 4 members (excludes halogenated alkanes) is 1. The average Bonchev–Trinajstić information content (AvgIpc) is 4.01. The molecule has 318 valence electrons. The number of amides is 5. The number of aromatic nitrogens is 4. The number of fused-ring (bicyclic) bond motifs is 2. The van der Waals surface area contributed by atoms with E-state index in [-0.39, 0.29) is 44.6 Å². The van der Waals surface area contributed by atoms with Crippen molar-refractivity contribution in [1.82, 2.24) is 40.4 Å². The predicted molar refractivity (Wildman–Crippen MR) is 226 cm³/mol. The number of nitrogens with two attached hydrogens (primary N) is 3. The van der Waals surface area contributed by atoms with E-state index in [1.54, 1.807) is 25.5 Å². The quantitative estimate of drug-likeness (QED) is 0.0474. The monoisotopic (exact) mass is 821 g/mol. The zero-order valence-corrected chi connectivity index (χ0v) is 33.8. The van der Waals surface area contributed by atoms with Gasteiger partial charge in [0.05, 0.1) is 31.0 Å². The fourth-order valence-corrected chi connectivity index (χ4v) is 7.86. The van der Waals surface area contributed by atoms with Crippen molar-refractivity contribution < 1.29 is 28.8 Å². The number of urea groups is 1. The summed E-state index contributed by atoms with van der Waals surface area (Å²) >= 11 is 0. The van der Waals surface area contributed by atoms with Gasteiger partial charge in [-0.05, 0) is 55.5 Å². The van der Waals surface area contributed by atoms with Gasteiger partial charge in [-0.2, -0.15) is 0 Å². The molecule has 0 bridgehead atoms. The molecule has 17 heteroatoms. The van der Waals surface area contributed by atoms with Crippen LogP contribution in [0.4, 0.5) is 4.79 Å². The van der Waals surface area contributed by atoms with Crippen molar-refractivity contribution in [2.45, 2.75) is 82.5 Å². The molecule has 0 spiro atoms. The molecule has 0 unspecified atom stereocenters. The Bertz CT molecular complexity index is 2280. The minimum absolute atomic E-state index is 0.109. The summed E-state index contributed by atoms with van der Waals surface area (Å²) in [7, 11) is 0. The van der Waals surface area contributed by atoms with Crippen LogP contribution in [0.1, 0.15) is 55.8 Å². The lowest BCUT2D eigenvalue weighted by molar-refractivity contribution is -0.133. The van der Waals surface area contributed by atoms with Crippen LogP contribution in [0, 0.1) is 5.92 Å². The lowest BCUT2D eigenvalue weighted by Crippen LogP contribution is -2.58. The number of aromatic amines is 3. The summed E-state index contributed by atoms with van der Waals surface area (Å²) in [5, 5.41) is 7.49. The number of carbonyl (C=O) groups is 6. The Kier molecular flexibility index (Phi) is 14.5. The number of imidazole rings is 1. The Labute approximate surface area is 347 Å². The molecule has 0 saturated carbocycles. The van der Waals surface area contributed by atoms with Gasteiger partial charge < -0.3 is 52.6 Å². The molecule has 1 aliphatic heterocycles. The SMILES string of the molecule is C[C@H](CC(=O)[C@@H](Cc1c[nH]c2ccccc12)NC(=O)[C@@H](N)Cc1cnc[nH]1)C(=O)N[C@@H](Cc1c[nH]c2ccccc12)C(=O)CN1CCCN([C@@H](CCCCN)C(N)=O)C1=O. The number of nitrogens with zero attached hydrogens (tertiary/aromatic N) is 3. The lowest BCUT2D eigenvalue weighted by atomic mass is 9.93. The van der Waals surface area contributed by atoms with Crippen LogP contribution < -0.4 is 27.8 Å². The van der Waals surface area contributed by atoms with Gasteiger partial charge in [-0.1, -0.05) is 43.3 Å². The van der Waals surface area contributed by atoms with Crippen molar-refractivity contribution in [1.29, 1.82) is 0 Å². The number of Topliss-reactive ketones (excluding diaryl/α,β-unsaturated/α-hetero) is 2. The summed E-state index contributed by atoms with van der Waals surface area (Å²) in [6.45, 7) is 2.32. The van der Waals surface area contributed by atoms with Crippen molar-refractivity contribution >= 4 is 57.1 Å². The minimum Gasteiger partial charge on any atom is -0.368 e. The van der Waals surface area contributed by atoms with Crippen LogP contribution in [-0.2, 0) is 43.2 Å². The van der Waals surface area contributed by atoms with E-state index in [4.69, 9.17) is 17.2 Å². The van der Waals surface area contributed by atoms with E-state index in [1.807, 2.05) is 48.5 Å². The predicted octanol–water partition coefficient (Wildman–Crippen LogP) is 1.97. The summed E-state index contributed by atoms with van der Waals surface area (Å²) in [6, 6.07) is 10.8. The van der Waals surface area contributed by atoms with Crippen molar-refractivity contribution in [3.63, 3.8) is 0 Å². The topological polar surface area (TPSA) is 271 Å². The second kappa shape index (κ2) is 20.1. The maximum absolute atomic E-state index is 14.2. The van der Waals surface area contributed by atoms with Crippen LogP contribution in [0.5, 0.6) is 0 Å². The highest BCUT2D eigenvalue weighted by atomic mass is 16.2. The molecule has 5 atom stereocenters. The molecule has 5 amide bonds. The third-order valence-corrected chi connectivity index (χ3v) is 11.2. The molecule has 4 heterocycles. The Hall–Kier alpha value is -6.33. The summed E-state index contributed by atoms with van der Waals surface area (Å²) in [4.78, 5) is 98.1. The van der Waals surface area contributed by atoms with Gasteiger partial charge in [0.15, 0.2) is 11.6 Å². The van der Waals surface area contributed by atoms with Gasteiger partial charge in [0.2, 0.25) is 17.7 Å². The van der Waals surface area contributed by atoms with Gasteiger partial charge in [-0.3, -0.25) is 24.0 Å². The van der Waals surface area contributed by atoms with Gasteiger partial charge >= 0.3 is 6.03 Å². The normalized spacial score (nSPS) is 15.7. The third-order valence-electron chi connectivity index (χ3n) is 11.2. The lowest BCUT2D eigenvalue weighted by Gasteiger charge is -2.39. The number of nitrogens with one attached hydrogen (secondary N) is 5. The molecular weight excluding hydrogens is 767 g/mol. The Morgan fingerprint density at radius 2 is 1.43 bits per heavy atom. The van der Waals surface area contributed by atoms with E-state index < -0.39 is 59.6 Å². The van der Waals surface area contributed by atoms with E-state index >= 15 is 0 Å². The molecule has 60 heavy (non-hydrogen) atoms. The van der Waals surface area contributed by atoms with Crippen LogP contribution in [0.25, 0.3) is 21.8 Å². The zero-order valence-electron chi connectivity index (χ0n) is 33.8. The van der Waals surface area contributed by atoms with Gasteiger partial charge in [0.25, 0.3) is 0 Å². The highest BCUT2D eigenvalue weighted by Gasteiger charge is 2.36. The maximum Gasteiger partial charge on any atom is 0.321 e. The van der Waals surface area contributed by atoms with E-state index in [0.717, 1.165) is 32.9 Å². The summed E-state index contributed by atoms with van der Waals surface area (Å²) in [5.41, 5.74) is 21.6. The van der Waals surface area contributed by atoms with Crippen LogP contribution in [0.15, 0.2) is 73.4 Å². The molecule has 11 N–H and O–H groups in total. The van der Waals surface area contributed by atoms with Gasteiger partial charge in [-0.25, -0.2) is 9.78 Å². The first-order valence-electron chi connectivity index (χ1n) is 20.5. The van der Waals surface area contributed by atoms with Crippen molar-refractivity contribution in [2.75, 3.05) is 26.2 Å². The zero-order chi connectivity index (χ0) is 42.8. The second-order valence-corrected chi connectivity index (χ2v) is 15.6. The van der Waals surface area contributed by atoms with E-state index in [9.17, 15) is 28.8 Å². The number of carbonyl (C=O) groups excluding carboxylic acids is 6. The highest BCUT2D eigenvalue weighted by Crippen LogP contribution is 2.23. The highest BCUT2D eigenvalue weighted by molar-refractivity contribution is 5.97. The van der Waals surface area contributed by atoms with Gasteiger partial charge in [-0.15, -0.1) is 0 Å². The molecule has 0 aliphatic carbocycles. The summed E-state index contributed by atoms with van der Waals surface area (Å²) in [6.07, 6.45) is 8.98.